The number of carbonyl (C=O) groups is 2. The van der Waals surface area contributed by atoms with E-state index in [1.54, 1.807) is 6.07 Å². The summed E-state index contributed by atoms with van der Waals surface area (Å²) in [6.07, 6.45) is -1.97. The normalized spacial score (nSPS) is 22.4. The van der Waals surface area contributed by atoms with E-state index >= 15 is 0 Å². The molecule has 4 atom stereocenters. The van der Waals surface area contributed by atoms with Crippen molar-refractivity contribution in [3.05, 3.63) is 64.2 Å². The molecule has 0 bridgehead atoms. The molecule has 2 saturated carbocycles. The standard InChI is InChI=1S/C32H39F5N2O5SSi/c1-31(2,3)46(5,6)44-16-18-9-10-20(45(4,42)43)13-21(18)30(41)39-26-11-19(26)12-27(39)29(40)38-28(17-7-8-17)22-14-25(34)23(15-24(22)33)32(35,36)37/h9-10,13-15,17,19,26-28H,7-8,11-12,16H2,1-6H3,(H,38,40)/t19-,26-,27-,28-/m1/s1. The van der Waals surface area contributed by atoms with Gasteiger partial charge in [0.05, 0.1) is 23.1 Å². The Balaban J connectivity index is 1.44. The van der Waals surface area contributed by atoms with Crippen molar-refractivity contribution < 1.29 is 44.4 Å². The third-order valence-corrected chi connectivity index (χ3v) is 15.5. The molecule has 46 heavy (non-hydrogen) atoms. The number of likely N-dealkylation sites (tertiary alicyclic amines) is 1. The van der Waals surface area contributed by atoms with Crippen molar-refractivity contribution in [1.29, 1.82) is 0 Å². The molecule has 1 N–H and O–H groups in total. The van der Waals surface area contributed by atoms with Crippen LogP contribution >= 0.6 is 0 Å². The monoisotopic (exact) mass is 686 g/mol. The van der Waals surface area contributed by atoms with Gasteiger partial charge in [0.1, 0.15) is 17.7 Å². The lowest BCUT2D eigenvalue weighted by atomic mass is 9.98. The van der Waals surface area contributed by atoms with Crippen LogP contribution in [0.5, 0.6) is 0 Å². The summed E-state index contributed by atoms with van der Waals surface area (Å²) in [4.78, 5) is 29.4. The number of hydrogen-bond donors (Lipinski definition) is 1. The largest absolute Gasteiger partial charge is 0.419 e. The molecule has 0 aromatic heterocycles. The maximum Gasteiger partial charge on any atom is 0.419 e. The predicted octanol–water partition coefficient (Wildman–Crippen LogP) is 6.78. The fraction of sp³-hybridized carbons (Fsp3) is 0.562. The van der Waals surface area contributed by atoms with E-state index in [9.17, 15) is 40.0 Å². The van der Waals surface area contributed by atoms with Crippen molar-refractivity contribution in [1.82, 2.24) is 10.2 Å². The van der Waals surface area contributed by atoms with E-state index in [4.69, 9.17) is 4.43 Å². The van der Waals surface area contributed by atoms with Crippen LogP contribution < -0.4 is 5.32 Å². The Morgan fingerprint density at radius 1 is 1.04 bits per heavy atom. The van der Waals surface area contributed by atoms with E-state index in [1.165, 1.54) is 17.0 Å². The number of benzene rings is 2. The minimum atomic E-state index is -5.09. The summed E-state index contributed by atoms with van der Waals surface area (Å²) in [6.45, 7) is 10.4. The zero-order valence-electron chi connectivity index (χ0n) is 26.6. The molecule has 2 aromatic carbocycles. The highest BCUT2D eigenvalue weighted by molar-refractivity contribution is 7.90. The topological polar surface area (TPSA) is 92.8 Å². The first kappa shape index (κ1) is 34.5. The van der Waals surface area contributed by atoms with Crippen LogP contribution in [0.3, 0.4) is 0 Å². The molecular weight excluding hydrogens is 648 g/mol. The van der Waals surface area contributed by atoms with Crippen molar-refractivity contribution in [2.24, 2.45) is 11.8 Å². The zero-order valence-corrected chi connectivity index (χ0v) is 28.4. The zero-order chi connectivity index (χ0) is 34.1. The van der Waals surface area contributed by atoms with Gasteiger partial charge in [-0.2, -0.15) is 13.2 Å². The number of piperidine rings is 1. The SMILES string of the molecule is CC(C)(C)[Si](C)(C)OCc1ccc(S(C)(=O)=O)cc1C(=O)N1[C@@H](C(=O)N[C@@H](c2cc(F)c(C(F)(F)F)cc2F)C2CC2)C[C@H]2C[C@H]21. The summed E-state index contributed by atoms with van der Waals surface area (Å²) in [7, 11) is -5.96. The van der Waals surface area contributed by atoms with Crippen molar-refractivity contribution in [3.63, 3.8) is 0 Å². The third kappa shape index (κ3) is 6.89. The number of fused-ring (bicyclic) bond motifs is 1. The minimum absolute atomic E-state index is 0.0318. The van der Waals surface area contributed by atoms with Gasteiger partial charge in [-0.05, 0) is 85.5 Å². The Labute approximate surface area is 266 Å². The summed E-state index contributed by atoms with van der Waals surface area (Å²) in [5, 5.41) is 2.59. The molecule has 2 aliphatic carbocycles. The number of hydrogen-bond acceptors (Lipinski definition) is 5. The first-order chi connectivity index (χ1) is 21.1. The Hall–Kier alpha value is -2.84. The van der Waals surface area contributed by atoms with Crippen LogP contribution in [0.4, 0.5) is 22.0 Å². The molecule has 7 nitrogen and oxygen atoms in total. The fourth-order valence-electron chi connectivity index (χ4n) is 5.85. The van der Waals surface area contributed by atoms with Crippen LogP contribution in [0.1, 0.15) is 79.5 Å². The lowest BCUT2D eigenvalue weighted by Crippen LogP contribution is -2.49. The second kappa shape index (κ2) is 11.7. The van der Waals surface area contributed by atoms with Gasteiger partial charge in [-0.3, -0.25) is 9.59 Å². The Kier molecular flexibility index (Phi) is 8.77. The highest BCUT2D eigenvalue weighted by Crippen LogP contribution is 2.50. The molecule has 1 saturated heterocycles. The van der Waals surface area contributed by atoms with Crippen molar-refractivity contribution in [2.75, 3.05) is 6.26 Å². The number of sulfone groups is 1. The summed E-state index contributed by atoms with van der Waals surface area (Å²) in [5.41, 5.74) is -1.54. The summed E-state index contributed by atoms with van der Waals surface area (Å²) in [5.74, 6) is -4.36. The first-order valence-electron chi connectivity index (χ1n) is 15.3. The molecule has 2 aromatic rings. The van der Waals surface area contributed by atoms with Crippen LogP contribution in [0.25, 0.3) is 0 Å². The van der Waals surface area contributed by atoms with Crippen molar-refractivity contribution in [2.45, 2.75) is 100 Å². The van der Waals surface area contributed by atoms with Crippen molar-refractivity contribution in [3.8, 4) is 0 Å². The van der Waals surface area contributed by atoms with Gasteiger partial charge < -0.3 is 14.6 Å². The van der Waals surface area contributed by atoms with Crippen molar-refractivity contribution >= 4 is 30.0 Å². The van der Waals surface area contributed by atoms with Gasteiger partial charge in [0.25, 0.3) is 5.91 Å². The van der Waals surface area contributed by atoms with Crippen LogP contribution in [0.15, 0.2) is 35.2 Å². The summed E-state index contributed by atoms with van der Waals surface area (Å²) in [6, 6.07) is 2.53. The molecule has 252 valence electrons. The second-order valence-corrected chi connectivity index (χ2v) is 21.2. The quantitative estimate of drug-likeness (QED) is 0.232. The third-order valence-electron chi connectivity index (χ3n) is 9.89. The van der Waals surface area contributed by atoms with Gasteiger partial charge >= 0.3 is 6.18 Å². The molecule has 5 rings (SSSR count). The Morgan fingerprint density at radius 3 is 2.26 bits per heavy atom. The van der Waals surface area contributed by atoms with Crippen LogP contribution in [-0.2, 0) is 31.8 Å². The fourth-order valence-corrected chi connectivity index (χ4v) is 7.45. The van der Waals surface area contributed by atoms with Gasteiger partial charge in [0, 0.05) is 23.4 Å². The smallest absolute Gasteiger partial charge is 0.413 e. The maximum atomic E-state index is 15.0. The van der Waals surface area contributed by atoms with E-state index in [0.717, 1.165) is 6.26 Å². The Bertz CT molecular complexity index is 1670. The average Bonchev–Trinajstić information content (AvgIpc) is 3.87. The minimum Gasteiger partial charge on any atom is -0.413 e. The number of halogens is 5. The van der Waals surface area contributed by atoms with Gasteiger partial charge in [0.2, 0.25) is 5.91 Å². The molecule has 2 amide bonds. The van der Waals surface area contributed by atoms with E-state index in [2.05, 4.69) is 39.2 Å². The first-order valence-corrected chi connectivity index (χ1v) is 20.1. The van der Waals surface area contributed by atoms with E-state index in [-0.39, 0.29) is 51.6 Å². The molecular formula is C32H39F5N2O5SSi. The molecule has 0 unspecified atom stereocenters. The van der Waals surface area contributed by atoms with E-state index in [0.29, 0.717) is 37.3 Å². The highest BCUT2D eigenvalue weighted by Gasteiger charge is 2.57. The van der Waals surface area contributed by atoms with Gasteiger partial charge in [0.15, 0.2) is 18.2 Å². The molecule has 3 fully saturated rings. The average molecular weight is 687 g/mol. The Morgan fingerprint density at radius 2 is 1.70 bits per heavy atom. The molecule has 1 heterocycles. The lowest BCUT2D eigenvalue weighted by Gasteiger charge is -2.36. The summed E-state index contributed by atoms with van der Waals surface area (Å²) < 4.78 is 100. The van der Waals surface area contributed by atoms with Crippen LogP contribution in [0, 0.1) is 23.5 Å². The number of alkyl halides is 3. The number of amides is 2. The van der Waals surface area contributed by atoms with Gasteiger partial charge in [-0.25, -0.2) is 17.2 Å². The maximum absolute atomic E-state index is 15.0. The van der Waals surface area contributed by atoms with Gasteiger partial charge in [-0.15, -0.1) is 0 Å². The lowest BCUT2D eigenvalue weighted by molar-refractivity contribution is -0.140. The highest BCUT2D eigenvalue weighted by atomic mass is 32.2. The number of nitrogens with one attached hydrogen (secondary N) is 1. The molecule has 1 aliphatic heterocycles. The molecule has 0 spiro atoms. The van der Waals surface area contributed by atoms with E-state index < -0.39 is 65.4 Å². The van der Waals surface area contributed by atoms with Crippen LogP contribution in [-0.4, -0.2) is 51.8 Å². The van der Waals surface area contributed by atoms with E-state index in [1.807, 2.05) is 0 Å². The van der Waals surface area contributed by atoms with Gasteiger partial charge in [-0.1, -0.05) is 26.8 Å². The molecule has 14 heteroatoms. The van der Waals surface area contributed by atoms with Crippen LogP contribution in [0.2, 0.25) is 18.1 Å². The number of rotatable bonds is 9. The number of nitrogens with zero attached hydrogens (tertiary/aromatic N) is 1. The molecule has 3 aliphatic rings. The second-order valence-electron chi connectivity index (χ2n) is 14.3. The molecule has 0 radical (unpaired) electrons. The predicted molar refractivity (Wildman–Crippen MR) is 163 cm³/mol. The summed E-state index contributed by atoms with van der Waals surface area (Å²) >= 11 is 0. The number of carbonyl (C=O) groups excluding carboxylic acids is 2.